The van der Waals surface area contributed by atoms with Crippen molar-refractivity contribution in [2.24, 2.45) is 5.41 Å². The molecule has 2 aromatic carbocycles. The van der Waals surface area contributed by atoms with Crippen LogP contribution in [-0.2, 0) is 21.7 Å². The summed E-state index contributed by atoms with van der Waals surface area (Å²) >= 11 is 0. The Kier molecular flexibility index (Phi) is 10.2. The SMILES string of the molecule is CCC(C)(C)[SiH2]OCC(CO[SiH2]C(C)(C)CC)(Cc1ccccc1)Cc1ccccc1. The normalized spacial score (nSPS) is 13.6. The first kappa shape index (κ1) is 26.0. The molecule has 0 aliphatic carbocycles. The van der Waals surface area contributed by atoms with Crippen molar-refractivity contribution >= 4 is 19.5 Å². The lowest BCUT2D eigenvalue weighted by Gasteiger charge is -2.37. The zero-order valence-electron chi connectivity index (χ0n) is 20.7. The fraction of sp³-hybridized carbons (Fsp3) is 0.556. The molecule has 0 amide bonds. The lowest BCUT2D eigenvalue weighted by atomic mass is 9.78. The van der Waals surface area contributed by atoms with Gasteiger partial charge in [0.25, 0.3) is 0 Å². The monoisotopic (exact) mass is 456 g/mol. The molecule has 0 spiro atoms. The predicted octanol–water partition coefficient (Wildman–Crippen LogP) is 5.88. The molecule has 0 fully saturated rings. The maximum atomic E-state index is 6.58. The van der Waals surface area contributed by atoms with E-state index in [0.717, 1.165) is 26.1 Å². The van der Waals surface area contributed by atoms with Gasteiger partial charge in [-0.15, -0.1) is 0 Å². The molecule has 0 aliphatic heterocycles. The first-order valence-electron chi connectivity index (χ1n) is 11.9. The van der Waals surface area contributed by atoms with Crippen LogP contribution in [0.5, 0.6) is 0 Å². The van der Waals surface area contributed by atoms with E-state index in [1.165, 1.54) is 24.0 Å². The third-order valence-electron chi connectivity index (χ3n) is 6.56. The highest BCUT2D eigenvalue weighted by atomic mass is 28.2. The average molecular weight is 457 g/mol. The molecule has 0 N–H and O–H groups in total. The maximum absolute atomic E-state index is 6.58. The van der Waals surface area contributed by atoms with Gasteiger partial charge in [0.2, 0.25) is 0 Å². The summed E-state index contributed by atoms with van der Waals surface area (Å²) in [6.07, 6.45) is 4.34. The Morgan fingerprint density at radius 2 is 0.968 bits per heavy atom. The summed E-state index contributed by atoms with van der Waals surface area (Å²) in [6, 6.07) is 21.8. The molecule has 0 atom stereocenters. The van der Waals surface area contributed by atoms with Gasteiger partial charge in [0.15, 0.2) is 19.5 Å². The lowest BCUT2D eigenvalue weighted by Crippen LogP contribution is -2.39. The topological polar surface area (TPSA) is 18.5 Å². The summed E-state index contributed by atoms with van der Waals surface area (Å²) in [4.78, 5) is 0. The van der Waals surface area contributed by atoms with Gasteiger partial charge >= 0.3 is 0 Å². The van der Waals surface area contributed by atoms with Gasteiger partial charge in [0, 0.05) is 18.6 Å². The molecule has 2 rings (SSSR count). The Morgan fingerprint density at radius 1 is 0.613 bits per heavy atom. The van der Waals surface area contributed by atoms with Crippen molar-refractivity contribution in [3.8, 4) is 0 Å². The molecule has 0 unspecified atom stereocenters. The van der Waals surface area contributed by atoms with Crippen LogP contribution < -0.4 is 0 Å². The average Bonchev–Trinajstić information content (AvgIpc) is 2.75. The zero-order valence-corrected chi connectivity index (χ0v) is 23.6. The summed E-state index contributed by atoms with van der Waals surface area (Å²) in [7, 11) is -1.24. The minimum atomic E-state index is -0.618. The fourth-order valence-corrected chi connectivity index (χ4v) is 6.24. The van der Waals surface area contributed by atoms with Crippen LogP contribution in [0, 0.1) is 5.41 Å². The van der Waals surface area contributed by atoms with Crippen molar-refractivity contribution in [2.75, 3.05) is 13.2 Å². The number of hydrogen-bond acceptors (Lipinski definition) is 2. The minimum Gasteiger partial charge on any atom is -0.423 e. The van der Waals surface area contributed by atoms with Crippen LogP contribution in [0.3, 0.4) is 0 Å². The van der Waals surface area contributed by atoms with Crippen molar-refractivity contribution in [3.63, 3.8) is 0 Å². The second kappa shape index (κ2) is 12.1. The van der Waals surface area contributed by atoms with Gasteiger partial charge in [-0.1, -0.05) is 115 Å². The lowest BCUT2D eigenvalue weighted by molar-refractivity contribution is 0.0772. The quantitative estimate of drug-likeness (QED) is 0.331. The van der Waals surface area contributed by atoms with Gasteiger partial charge in [0.1, 0.15) is 0 Å². The van der Waals surface area contributed by atoms with Crippen molar-refractivity contribution in [1.82, 2.24) is 0 Å². The van der Waals surface area contributed by atoms with E-state index in [4.69, 9.17) is 8.85 Å². The molecule has 4 heteroatoms. The summed E-state index contributed by atoms with van der Waals surface area (Å²) in [5.74, 6) is 0. The second-order valence-electron chi connectivity index (χ2n) is 10.8. The van der Waals surface area contributed by atoms with E-state index in [-0.39, 0.29) is 5.41 Å². The van der Waals surface area contributed by atoms with Gasteiger partial charge in [-0.2, -0.15) is 0 Å². The molecule has 0 heterocycles. The predicted molar refractivity (Wildman–Crippen MR) is 140 cm³/mol. The van der Waals surface area contributed by atoms with E-state index in [0.29, 0.717) is 10.1 Å². The molecule has 0 saturated heterocycles. The van der Waals surface area contributed by atoms with Gasteiger partial charge in [-0.05, 0) is 34.0 Å². The Labute approximate surface area is 196 Å². The Balaban J connectivity index is 2.27. The highest BCUT2D eigenvalue weighted by Crippen LogP contribution is 2.34. The standard InChI is InChI=1S/C27H44O2Si2/c1-7-25(3,4)30-28-21-27(19-23-15-11-9-12-16-23,20-24-17-13-10-14-18-24)22-29-31-26(5,6)8-2/h9-18H,7-8,19-22,30-31H2,1-6H3. The molecule has 0 saturated carbocycles. The largest absolute Gasteiger partial charge is 0.423 e. The van der Waals surface area contributed by atoms with Crippen LogP contribution in [0.25, 0.3) is 0 Å². The molecule has 2 aromatic rings. The van der Waals surface area contributed by atoms with Crippen LogP contribution in [0.2, 0.25) is 10.1 Å². The molecule has 31 heavy (non-hydrogen) atoms. The third-order valence-corrected chi connectivity index (χ3v) is 9.94. The van der Waals surface area contributed by atoms with Crippen LogP contribution >= 0.6 is 0 Å². The number of benzene rings is 2. The van der Waals surface area contributed by atoms with E-state index in [9.17, 15) is 0 Å². The molecule has 0 aliphatic rings. The van der Waals surface area contributed by atoms with Crippen LogP contribution in [-0.4, -0.2) is 32.7 Å². The first-order valence-corrected chi connectivity index (χ1v) is 14.5. The molecule has 172 valence electrons. The van der Waals surface area contributed by atoms with Gasteiger partial charge in [-0.3, -0.25) is 0 Å². The summed E-state index contributed by atoms with van der Waals surface area (Å²) in [5, 5.41) is 0.677. The van der Waals surface area contributed by atoms with Crippen LogP contribution in [0.15, 0.2) is 60.7 Å². The van der Waals surface area contributed by atoms with Crippen LogP contribution in [0.1, 0.15) is 65.5 Å². The Hall–Kier alpha value is -1.21. The van der Waals surface area contributed by atoms with Crippen molar-refractivity contribution in [1.29, 1.82) is 0 Å². The maximum Gasteiger partial charge on any atom is 0.167 e. The van der Waals surface area contributed by atoms with Gasteiger partial charge < -0.3 is 8.85 Å². The fourth-order valence-electron chi connectivity index (χ4n) is 3.66. The summed E-state index contributed by atoms with van der Waals surface area (Å²) < 4.78 is 13.2. The van der Waals surface area contributed by atoms with Crippen molar-refractivity contribution in [3.05, 3.63) is 71.8 Å². The van der Waals surface area contributed by atoms with E-state index in [1.807, 2.05) is 0 Å². The molecule has 2 nitrogen and oxygen atoms in total. The van der Waals surface area contributed by atoms with Gasteiger partial charge in [-0.25, -0.2) is 0 Å². The zero-order chi connectivity index (χ0) is 22.8. The van der Waals surface area contributed by atoms with Crippen molar-refractivity contribution < 1.29 is 8.85 Å². The van der Waals surface area contributed by atoms with Crippen LogP contribution in [0.4, 0.5) is 0 Å². The molecular formula is C27H44O2Si2. The number of hydrogen-bond donors (Lipinski definition) is 0. The number of rotatable bonds is 14. The van der Waals surface area contributed by atoms with E-state index < -0.39 is 19.5 Å². The molecule has 0 bridgehead atoms. The second-order valence-corrected chi connectivity index (χ2v) is 16.1. The molecule has 0 radical (unpaired) electrons. The summed E-state index contributed by atoms with van der Waals surface area (Å²) in [6.45, 7) is 15.5. The minimum absolute atomic E-state index is 0.0314. The Morgan fingerprint density at radius 3 is 1.29 bits per heavy atom. The highest BCUT2D eigenvalue weighted by molar-refractivity contribution is 6.32. The van der Waals surface area contributed by atoms with Gasteiger partial charge in [0.05, 0.1) is 0 Å². The highest BCUT2D eigenvalue weighted by Gasteiger charge is 2.33. The summed E-state index contributed by atoms with van der Waals surface area (Å²) in [5.41, 5.74) is 2.72. The van der Waals surface area contributed by atoms with E-state index in [1.54, 1.807) is 0 Å². The van der Waals surface area contributed by atoms with Crippen molar-refractivity contribution in [2.45, 2.75) is 77.3 Å². The smallest absolute Gasteiger partial charge is 0.167 e. The molecular weight excluding hydrogens is 412 g/mol. The molecule has 0 aromatic heterocycles. The Bertz CT molecular complexity index is 679. The van der Waals surface area contributed by atoms with E-state index >= 15 is 0 Å². The third kappa shape index (κ3) is 9.44. The first-order chi connectivity index (χ1) is 14.7. The van der Waals surface area contributed by atoms with E-state index in [2.05, 4.69) is 102 Å².